The van der Waals surface area contributed by atoms with Gasteiger partial charge in [-0.25, -0.2) is 4.90 Å². The predicted molar refractivity (Wildman–Crippen MR) is 115 cm³/mol. The highest BCUT2D eigenvalue weighted by Crippen LogP contribution is 2.35. The molecule has 30 heavy (non-hydrogen) atoms. The molecule has 1 aliphatic rings. The molecule has 0 saturated heterocycles. The maximum atomic E-state index is 12.7. The van der Waals surface area contributed by atoms with Crippen LogP contribution in [0.4, 0.5) is 11.4 Å². The largest absolute Gasteiger partial charge is 0.496 e. The van der Waals surface area contributed by atoms with Gasteiger partial charge in [-0.15, -0.1) is 0 Å². The van der Waals surface area contributed by atoms with E-state index in [-0.39, 0.29) is 10.7 Å². The number of methoxy groups -OCH3 is 1. The average molecular weight is 441 g/mol. The molecule has 0 spiro atoms. The summed E-state index contributed by atoms with van der Waals surface area (Å²) in [6, 6.07) is 15.8. The second-order valence-electron chi connectivity index (χ2n) is 6.46. The number of carbonyl (C=O) groups excluding carboxylic acids is 3. The molecule has 0 atom stereocenters. The number of rotatable bonds is 4. The molecule has 0 bridgehead atoms. The Balaban J connectivity index is 1.60. The second kappa shape index (κ2) is 7.82. The summed E-state index contributed by atoms with van der Waals surface area (Å²) in [6.07, 6.45) is 0. The summed E-state index contributed by atoms with van der Waals surface area (Å²) in [6.45, 7) is 0. The fraction of sp³-hybridized carbons (Fsp3) is 0.0455. The van der Waals surface area contributed by atoms with Gasteiger partial charge >= 0.3 is 0 Å². The van der Waals surface area contributed by atoms with Crippen LogP contribution in [0.2, 0.25) is 10.0 Å². The summed E-state index contributed by atoms with van der Waals surface area (Å²) >= 11 is 12.3. The molecule has 4 rings (SSSR count). The van der Waals surface area contributed by atoms with Crippen molar-refractivity contribution in [3.63, 3.8) is 0 Å². The predicted octanol–water partition coefficient (Wildman–Crippen LogP) is 5.05. The number of ether oxygens (including phenoxy) is 1. The molecule has 0 unspecified atom stereocenters. The highest BCUT2D eigenvalue weighted by Gasteiger charge is 2.37. The summed E-state index contributed by atoms with van der Waals surface area (Å²) < 4.78 is 5.20. The van der Waals surface area contributed by atoms with Crippen LogP contribution in [0.5, 0.6) is 5.75 Å². The third-order valence-corrected chi connectivity index (χ3v) is 5.19. The number of fused-ring (bicyclic) bond motifs is 1. The number of hydrogen-bond acceptors (Lipinski definition) is 4. The zero-order chi connectivity index (χ0) is 21.4. The van der Waals surface area contributed by atoms with Crippen LogP contribution in [0.25, 0.3) is 0 Å². The maximum absolute atomic E-state index is 12.7. The van der Waals surface area contributed by atoms with Crippen molar-refractivity contribution < 1.29 is 19.1 Å². The Morgan fingerprint density at radius 2 is 1.60 bits per heavy atom. The number of nitrogens with one attached hydrogen (secondary N) is 1. The summed E-state index contributed by atoms with van der Waals surface area (Å²) in [5.74, 6) is -0.984. The van der Waals surface area contributed by atoms with Crippen molar-refractivity contribution in [3.05, 3.63) is 87.4 Å². The fourth-order valence-corrected chi connectivity index (χ4v) is 3.65. The van der Waals surface area contributed by atoms with Gasteiger partial charge in [0.1, 0.15) is 5.75 Å². The Hall–Kier alpha value is -3.35. The van der Waals surface area contributed by atoms with E-state index in [0.717, 1.165) is 4.90 Å². The van der Waals surface area contributed by atoms with E-state index in [9.17, 15) is 14.4 Å². The monoisotopic (exact) mass is 440 g/mol. The van der Waals surface area contributed by atoms with Crippen molar-refractivity contribution in [3.8, 4) is 5.75 Å². The van der Waals surface area contributed by atoms with Crippen LogP contribution in [-0.4, -0.2) is 24.8 Å². The van der Waals surface area contributed by atoms with Gasteiger partial charge in [-0.2, -0.15) is 0 Å². The number of hydrogen-bond donors (Lipinski definition) is 1. The second-order valence-corrected chi connectivity index (χ2v) is 7.30. The van der Waals surface area contributed by atoms with E-state index < -0.39 is 17.7 Å². The van der Waals surface area contributed by atoms with Gasteiger partial charge in [-0.05, 0) is 48.5 Å². The summed E-state index contributed by atoms with van der Waals surface area (Å²) in [7, 11) is 1.44. The van der Waals surface area contributed by atoms with Gasteiger partial charge in [-0.1, -0.05) is 35.3 Å². The summed E-state index contributed by atoms with van der Waals surface area (Å²) in [5, 5.41) is 3.30. The molecule has 3 aromatic rings. The fourth-order valence-electron chi connectivity index (χ4n) is 3.23. The number of anilines is 2. The van der Waals surface area contributed by atoms with E-state index in [0.29, 0.717) is 33.1 Å². The molecule has 1 N–H and O–H groups in total. The highest BCUT2D eigenvalue weighted by molar-refractivity contribution is 6.40. The standard InChI is InChI=1S/C22H14Cl2N2O4/c1-30-19-10-12(23)6-8-16(19)20(27)25-13-7-9-18(17(24)11-13)26-21(28)14-4-2-3-5-15(14)22(26)29/h2-11H,1H3,(H,25,27). The number of amides is 3. The summed E-state index contributed by atoms with van der Waals surface area (Å²) in [5.41, 5.74) is 1.58. The molecule has 0 aromatic heterocycles. The first-order chi connectivity index (χ1) is 14.4. The van der Waals surface area contributed by atoms with Gasteiger partial charge in [-0.3, -0.25) is 14.4 Å². The Bertz CT molecular complexity index is 1170. The zero-order valence-corrected chi connectivity index (χ0v) is 17.1. The van der Waals surface area contributed by atoms with Gasteiger partial charge in [0.15, 0.2) is 0 Å². The molecule has 150 valence electrons. The number of imide groups is 1. The molecule has 0 radical (unpaired) electrons. The van der Waals surface area contributed by atoms with E-state index in [2.05, 4.69) is 5.32 Å². The van der Waals surface area contributed by atoms with Crippen LogP contribution < -0.4 is 15.0 Å². The van der Waals surface area contributed by atoms with Crippen molar-refractivity contribution >= 4 is 52.3 Å². The number of benzene rings is 3. The third kappa shape index (κ3) is 3.40. The maximum Gasteiger partial charge on any atom is 0.266 e. The average Bonchev–Trinajstić information content (AvgIpc) is 2.99. The molecule has 1 heterocycles. The van der Waals surface area contributed by atoms with Crippen molar-refractivity contribution in [2.24, 2.45) is 0 Å². The van der Waals surface area contributed by atoms with Crippen molar-refractivity contribution in [2.75, 3.05) is 17.3 Å². The lowest BCUT2D eigenvalue weighted by Crippen LogP contribution is -2.29. The smallest absolute Gasteiger partial charge is 0.266 e. The molecule has 0 saturated carbocycles. The van der Waals surface area contributed by atoms with Gasteiger partial charge < -0.3 is 10.1 Å². The minimum Gasteiger partial charge on any atom is -0.496 e. The van der Waals surface area contributed by atoms with Crippen LogP contribution in [0.15, 0.2) is 60.7 Å². The number of nitrogens with zero attached hydrogens (tertiary/aromatic N) is 1. The summed E-state index contributed by atoms with van der Waals surface area (Å²) in [4.78, 5) is 39.0. The topological polar surface area (TPSA) is 75.7 Å². The van der Waals surface area contributed by atoms with Gasteiger partial charge in [0.2, 0.25) is 0 Å². The molecule has 0 aliphatic carbocycles. The quantitative estimate of drug-likeness (QED) is 0.575. The molecule has 3 aromatic carbocycles. The molecule has 8 heteroatoms. The van der Waals surface area contributed by atoms with Crippen LogP contribution >= 0.6 is 23.2 Å². The molecule has 0 fully saturated rings. The minimum absolute atomic E-state index is 0.144. The Kier molecular flexibility index (Phi) is 5.20. The Morgan fingerprint density at radius 3 is 2.20 bits per heavy atom. The normalized spacial score (nSPS) is 12.7. The van der Waals surface area contributed by atoms with Gasteiger partial charge in [0, 0.05) is 10.7 Å². The van der Waals surface area contributed by atoms with Crippen LogP contribution in [0, 0.1) is 0 Å². The Labute approximate surface area is 182 Å². The van der Waals surface area contributed by atoms with Crippen molar-refractivity contribution in [2.45, 2.75) is 0 Å². The number of carbonyl (C=O) groups is 3. The lowest BCUT2D eigenvalue weighted by atomic mass is 10.1. The Morgan fingerprint density at radius 1 is 0.933 bits per heavy atom. The molecule has 1 aliphatic heterocycles. The number of halogens is 2. The minimum atomic E-state index is -0.444. The van der Waals surface area contributed by atoms with Crippen LogP contribution in [-0.2, 0) is 0 Å². The van der Waals surface area contributed by atoms with E-state index in [1.54, 1.807) is 42.5 Å². The first-order valence-electron chi connectivity index (χ1n) is 8.83. The van der Waals surface area contributed by atoms with Gasteiger partial charge in [0.25, 0.3) is 17.7 Å². The lowest BCUT2D eigenvalue weighted by molar-refractivity contribution is 0.0924. The third-order valence-electron chi connectivity index (χ3n) is 4.65. The SMILES string of the molecule is COc1cc(Cl)ccc1C(=O)Nc1ccc(N2C(=O)c3ccccc3C2=O)c(Cl)c1. The van der Waals surface area contributed by atoms with E-state index in [1.165, 1.54) is 25.3 Å². The van der Waals surface area contributed by atoms with Crippen molar-refractivity contribution in [1.82, 2.24) is 0 Å². The first kappa shape index (κ1) is 19.9. The zero-order valence-electron chi connectivity index (χ0n) is 15.6. The molecular formula is C22H14Cl2N2O4. The molecule has 6 nitrogen and oxygen atoms in total. The molecular weight excluding hydrogens is 427 g/mol. The van der Waals surface area contributed by atoms with Gasteiger partial charge in [0.05, 0.1) is 34.5 Å². The van der Waals surface area contributed by atoms with Crippen LogP contribution in [0.1, 0.15) is 31.1 Å². The van der Waals surface area contributed by atoms with E-state index >= 15 is 0 Å². The van der Waals surface area contributed by atoms with Crippen molar-refractivity contribution in [1.29, 1.82) is 0 Å². The lowest BCUT2D eigenvalue weighted by Gasteiger charge is -2.17. The first-order valence-corrected chi connectivity index (χ1v) is 9.58. The molecule has 3 amide bonds. The van der Waals surface area contributed by atoms with E-state index in [4.69, 9.17) is 27.9 Å². The highest BCUT2D eigenvalue weighted by atomic mass is 35.5. The van der Waals surface area contributed by atoms with E-state index in [1.807, 2.05) is 0 Å². The van der Waals surface area contributed by atoms with Crippen LogP contribution in [0.3, 0.4) is 0 Å².